The Morgan fingerprint density at radius 2 is 1.57 bits per heavy atom. The van der Waals surface area contributed by atoms with Gasteiger partial charge in [-0.1, -0.05) is 24.3 Å². The summed E-state index contributed by atoms with van der Waals surface area (Å²) in [6, 6.07) is 13.1. The van der Waals surface area contributed by atoms with Gasteiger partial charge < -0.3 is 18.8 Å². The quantitative estimate of drug-likeness (QED) is 0.303. The van der Waals surface area contributed by atoms with Crippen molar-refractivity contribution in [3.63, 3.8) is 0 Å². The fraction of sp³-hybridized carbons (Fsp3) is 0.433. The van der Waals surface area contributed by atoms with Crippen molar-refractivity contribution < 1.29 is 27.8 Å². The molecule has 7 heteroatoms. The number of aromatic nitrogens is 1. The number of carbonyl (C=O) groups excluding carboxylic acids is 1. The Balaban J connectivity index is 1.70. The highest BCUT2D eigenvalue weighted by Gasteiger charge is 2.36. The van der Waals surface area contributed by atoms with Crippen molar-refractivity contribution in [3.05, 3.63) is 72.1 Å². The summed E-state index contributed by atoms with van der Waals surface area (Å²) < 4.78 is 46.8. The maximum Gasteiger partial charge on any atom is 0.308 e. The van der Waals surface area contributed by atoms with Crippen LogP contribution >= 0.6 is 0 Å². The molecule has 1 aliphatic heterocycles. The van der Waals surface area contributed by atoms with Gasteiger partial charge in [-0.3, -0.25) is 4.79 Å². The zero-order chi connectivity index (χ0) is 26.7. The minimum absolute atomic E-state index is 0.121. The smallest absolute Gasteiger partial charge is 0.308 e. The van der Waals surface area contributed by atoms with Gasteiger partial charge in [0.1, 0.15) is 11.6 Å². The van der Waals surface area contributed by atoms with Crippen LogP contribution in [0.3, 0.4) is 0 Å². The Hall–Kier alpha value is -3.03. The Morgan fingerprint density at radius 1 is 1.00 bits per heavy atom. The van der Waals surface area contributed by atoms with Gasteiger partial charge in [-0.05, 0) is 75.9 Å². The number of ether oxygens (including phenoxy) is 3. The van der Waals surface area contributed by atoms with E-state index in [1.54, 1.807) is 24.3 Å². The van der Waals surface area contributed by atoms with Crippen molar-refractivity contribution in [2.45, 2.75) is 77.4 Å². The van der Waals surface area contributed by atoms with Gasteiger partial charge in [0, 0.05) is 35.5 Å². The van der Waals surface area contributed by atoms with E-state index in [1.165, 1.54) is 31.4 Å². The van der Waals surface area contributed by atoms with E-state index in [-0.39, 0.29) is 42.3 Å². The molecule has 4 rings (SSSR count). The number of hydrogen-bond acceptors (Lipinski definition) is 4. The lowest BCUT2D eigenvalue weighted by Crippen LogP contribution is -2.45. The third kappa shape index (κ3) is 6.46. The molecule has 1 aromatic heterocycles. The molecule has 3 aromatic rings. The van der Waals surface area contributed by atoms with Crippen molar-refractivity contribution in [1.82, 2.24) is 4.57 Å². The van der Waals surface area contributed by atoms with E-state index < -0.39 is 5.79 Å². The van der Waals surface area contributed by atoms with E-state index in [1.807, 2.05) is 13.8 Å². The molecule has 5 nitrogen and oxygen atoms in total. The number of esters is 1. The average Bonchev–Trinajstić information content (AvgIpc) is 3.22. The predicted molar refractivity (Wildman–Crippen MR) is 139 cm³/mol. The fourth-order valence-electron chi connectivity index (χ4n) is 5.16. The third-order valence-electron chi connectivity index (χ3n) is 6.73. The van der Waals surface area contributed by atoms with Gasteiger partial charge in [-0.15, -0.1) is 0 Å². The second kappa shape index (κ2) is 11.2. The standard InChI is InChI=1S/C30H35F2NO4/c1-19(2)33-18-26(20-6-10-22(31)11-7-20)29(21-8-12-23(32)13-9-21)27(33)15-14-24-16-25(17-28(34)35-5)37-30(3,4)36-24/h6-13,18-19,24-25H,14-17H2,1-5H3/t24-,25-/m1/s1. The topological polar surface area (TPSA) is 49.7 Å². The molecule has 0 saturated carbocycles. The monoisotopic (exact) mass is 511 g/mol. The number of benzene rings is 2. The lowest BCUT2D eigenvalue weighted by Gasteiger charge is -2.40. The van der Waals surface area contributed by atoms with Gasteiger partial charge in [0.05, 0.1) is 25.7 Å². The molecule has 2 heterocycles. The molecule has 0 unspecified atom stereocenters. The van der Waals surface area contributed by atoms with Crippen LogP contribution in [0.1, 0.15) is 58.7 Å². The van der Waals surface area contributed by atoms with E-state index in [4.69, 9.17) is 14.2 Å². The lowest BCUT2D eigenvalue weighted by atomic mass is 9.93. The molecule has 37 heavy (non-hydrogen) atoms. The summed E-state index contributed by atoms with van der Waals surface area (Å²) in [5, 5.41) is 0. The molecule has 2 atom stereocenters. The summed E-state index contributed by atoms with van der Waals surface area (Å²) in [6.07, 6.45) is 3.85. The molecule has 0 N–H and O–H groups in total. The second-order valence-corrected chi connectivity index (χ2v) is 10.3. The van der Waals surface area contributed by atoms with Crippen molar-refractivity contribution in [3.8, 4) is 22.3 Å². The Labute approximate surface area is 217 Å². The molecule has 0 bridgehead atoms. The summed E-state index contributed by atoms with van der Waals surface area (Å²) in [4.78, 5) is 11.9. The van der Waals surface area contributed by atoms with Crippen LogP contribution in [0.2, 0.25) is 0 Å². The summed E-state index contributed by atoms with van der Waals surface area (Å²) in [7, 11) is 1.38. The Morgan fingerprint density at radius 3 is 2.14 bits per heavy atom. The molecule has 0 aliphatic carbocycles. The van der Waals surface area contributed by atoms with Crippen LogP contribution in [-0.2, 0) is 25.4 Å². The highest BCUT2D eigenvalue weighted by Crippen LogP contribution is 2.40. The van der Waals surface area contributed by atoms with Crippen molar-refractivity contribution in [2.75, 3.05) is 7.11 Å². The first kappa shape index (κ1) is 27.0. The van der Waals surface area contributed by atoms with Crippen molar-refractivity contribution in [2.24, 2.45) is 0 Å². The molecule has 0 spiro atoms. The van der Waals surface area contributed by atoms with E-state index >= 15 is 0 Å². The van der Waals surface area contributed by atoms with Gasteiger partial charge in [0.15, 0.2) is 5.79 Å². The zero-order valence-electron chi connectivity index (χ0n) is 22.1. The minimum Gasteiger partial charge on any atom is -0.469 e. The van der Waals surface area contributed by atoms with Gasteiger partial charge in [-0.25, -0.2) is 8.78 Å². The predicted octanol–water partition coefficient (Wildman–Crippen LogP) is 7.09. The molecular weight excluding hydrogens is 476 g/mol. The number of rotatable bonds is 8. The highest BCUT2D eigenvalue weighted by molar-refractivity contribution is 5.85. The van der Waals surface area contributed by atoms with Gasteiger partial charge in [0.2, 0.25) is 0 Å². The SMILES string of the molecule is COC(=O)C[C@H]1C[C@@H](CCc2c(-c3ccc(F)cc3)c(-c3ccc(F)cc3)cn2C(C)C)OC(C)(C)O1. The van der Waals surface area contributed by atoms with E-state index in [9.17, 15) is 13.6 Å². The fourth-order valence-corrected chi connectivity index (χ4v) is 5.16. The van der Waals surface area contributed by atoms with E-state index in [2.05, 4.69) is 24.6 Å². The van der Waals surface area contributed by atoms with E-state index in [0.29, 0.717) is 19.3 Å². The van der Waals surface area contributed by atoms with Crippen LogP contribution in [-0.4, -0.2) is 35.6 Å². The molecule has 0 radical (unpaired) electrons. The van der Waals surface area contributed by atoms with Gasteiger partial charge in [-0.2, -0.15) is 0 Å². The summed E-state index contributed by atoms with van der Waals surface area (Å²) in [5.41, 5.74) is 4.85. The molecule has 1 fully saturated rings. The highest BCUT2D eigenvalue weighted by atomic mass is 19.1. The zero-order valence-corrected chi connectivity index (χ0v) is 22.1. The largest absolute Gasteiger partial charge is 0.469 e. The first-order valence-electron chi connectivity index (χ1n) is 12.7. The maximum atomic E-state index is 13.8. The molecule has 1 saturated heterocycles. The van der Waals surface area contributed by atoms with Crippen molar-refractivity contribution in [1.29, 1.82) is 0 Å². The van der Waals surface area contributed by atoms with Gasteiger partial charge >= 0.3 is 5.97 Å². The van der Waals surface area contributed by atoms with Crippen LogP contribution in [0.5, 0.6) is 0 Å². The van der Waals surface area contributed by atoms with Crippen LogP contribution < -0.4 is 0 Å². The van der Waals surface area contributed by atoms with E-state index in [0.717, 1.165) is 27.9 Å². The number of methoxy groups -OCH3 is 1. The first-order valence-corrected chi connectivity index (χ1v) is 12.7. The third-order valence-corrected chi connectivity index (χ3v) is 6.73. The first-order chi connectivity index (χ1) is 17.6. The van der Waals surface area contributed by atoms with Crippen LogP contribution in [0, 0.1) is 11.6 Å². The molecule has 0 amide bonds. The van der Waals surface area contributed by atoms with Gasteiger partial charge in [0.25, 0.3) is 0 Å². The lowest BCUT2D eigenvalue weighted by molar-refractivity contribution is -0.300. The molecular formula is C30H35F2NO4. The maximum absolute atomic E-state index is 13.8. The number of halogens is 2. The molecule has 1 aliphatic rings. The van der Waals surface area contributed by atoms with Crippen LogP contribution in [0.15, 0.2) is 54.7 Å². The summed E-state index contributed by atoms with van der Waals surface area (Å²) >= 11 is 0. The Kier molecular flexibility index (Phi) is 8.14. The number of nitrogens with zero attached hydrogens (tertiary/aromatic N) is 1. The number of hydrogen-bond donors (Lipinski definition) is 0. The Bertz CT molecular complexity index is 1220. The minimum atomic E-state index is -0.819. The normalized spacial score (nSPS) is 19.2. The van der Waals surface area contributed by atoms with Crippen LogP contribution in [0.4, 0.5) is 8.78 Å². The second-order valence-electron chi connectivity index (χ2n) is 10.3. The number of carbonyl (C=O) groups is 1. The molecule has 198 valence electrons. The molecule has 2 aromatic carbocycles. The summed E-state index contributed by atoms with van der Waals surface area (Å²) in [6.45, 7) is 7.95. The van der Waals surface area contributed by atoms with Crippen LogP contribution in [0.25, 0.3) is 22.3 Å². The summed E-state index contributed by atoms with van der Waals surface area (Å²) in [5.74, 6) is -1.72. The average molecular weight is 512 g/mol. The van der Waals surface area contributed by atoms with Crippen molar-refractivity contribution >= 4 is 5.97 Å².